The summed E-state index contributed by atoms with van der Waals surface area (Å²) in [6.45, 7) is -0.439. The molecule has 0 saturated heterocycles. The van der Waals surface area contributed by atoms with Gasteiger partial charge in [-0.3, -0.25) is 4.79 Å². The number of nitrogens with zero attached hydrogens (tertiary/aromatic N) is 3. The Morgan fingerprint density at radius 3 is 2.69 bits per heavy atom. The van der Waals surface area contributed by atoms with Gasteiger partial charge in [0.05, 0.1) is 17.1 Å². The number of amides is 1. The van der Waals surface area contributed by atoms with Crippen molar-refractivity contribution in [3.63, 3.8) is 0 Å². The van der Waals surface area contributed by atoms with Gasteiger partial charge >= 0.3 is 6.18 Å². The van der Waals surface area contributed by atoms with Crippen LogP contribution in [0.15, 0.2) is 53.1 Å². The Morgan fingerprint density at radius 1 is 1.21 bits per heavy atom. The molecule has 3 rings (SSSR count). The Hall–Kier alpha value is -3.07. The van der Waals surface area contributed by atoms with Crippen LogP contribution in [0.3, 0.4) is 0 Å². The largest absolute Gasteiger partial charge is 0.484 e. The van der Waals surface area contributed by atoms with E-state index in [1.807, 2.05) is 0 Å². The molecule has 0 aliphatic heterocycles. The topological polar surface area (TPSA) is 68.5 Å². The Bertz CT molecular complexity index is 1010. The Morgan fingerprint density at radius 2 is 1.97 bits per heavy atom. The van der Waals surface area contributed by atoms with Crippen LogP contribution in [0.5, 0.6) is 5.75 Å². The highest BCUT2D eigenvalue weighted by molar-refractivity contribution is 6.33. The van der Waals surface area contributed by atoms with Crippen molar-refractivity contribution in [2.45, 2.75) is 12.7 Å². The molecule has 6 nitrogen and oxygen atoms in total. The van der Waals surface area contributed by atoms with Gasteiger partial charge in [-0.05, 0) is 30.3 Å². The molecule has 1 amide bonds. The lowest BCUT2D eigenvalue weighted by Gasteiger charge is -2.15. The summed E-state index contributed by atoms with van der Waals surface area (Å²) in [7, 11) is 1.48. The van der Waals surface area contributed by atoms with E-state index in [1.165, 1.54) is 24.1 Å². The van der Waals surface area contributed by atoms with Crippen molar-refractivity contribution in [1.29, 1.82) is 0 Å². The fourth-order valence-corrected chi connectivity index (χ4v) is 2.60. The summed E-state index contributed by atoms with van der Waals surface area (Å²) in [5, 5.41) is 4.30. The van der Waals surface area contributed by atoms with Crippen molar-refractivity contribution in [3.8, 4) is 17.1 Å². The number of hydrogen-bond acceptors (Lipinski definition) is 5. The van der Waals surface area contributed by atoms with E-state index in [0.717, 1.165) is 12.1 Å². The van der Waals surface area contributed by atoms with Crippen molar-refractivity contribution in [2.24, 2.45) is 0 Å². The molecule has 0 atom stereocenters. The second-order valence-electron chi connectivity index (χ2n) is 6.06. The van der Waals surface area contributed by atoms with Crippen LogP contribution < -0.4 is 4.74 Å². The van der Waals surface area contributed by atoms with E-state index in [-0.39, 0.29) is 24.0 Å². The minimum absolute atomic E-state index is 0.00222. The molecule has 152 valence electrons. The highest BCUT2D eigenvalue weighted by Gasteiger charge is 2.30. The fourth-order valence-electron chi connectivity index (χ4n) is 2.38. The summed E-state index contributed by atoms with van der Waals surface area (Å²) in [5.41, 5.74) is -0.264. The minimum Gasteiger partial charge on any atom is -0.484 e. The van der Waals surface area contributed by atoms with Gasteiger partial charge in [-0.15, -0.1) is 0 Å². The van der Waals surface area contributed by atoms with Crippen molar-refractivity contribution < 1.29 is 27.2 Å². The molecule has 0 N–H and O–H groups in total. The number of halogens is 4. The van der Waals surface area contributed by atoms with Crippen LogP contribution in [-0.2, 0) is 17.5 Å². The molecule has 2 aromatic carbocycles. The van der Waals surface area contributed by atoms with Crippen LogP contribution >= 0.6 is 11.6 Å². The molecule has 3 aromatic rings. The smallest absolute Gasteiger partial charge is 0.416 e. The first-order chi connectivity index (χ1) is 13.7. The third-order valence-electron chi connectivity index (χ3n) is 3.90. The monoisotopic (exact) mass is 425 g/mol. The van der Waals surface area contributed by atoms with Gasteiger partial charge in [0.2, 0.25) is 11.7 Å². The van der Waals surface area contributed by atoms with Crippen LogP contribution in [0, 0.1) is 0 Å². The van der Waals surface area contributed by atoms with Gasteiger partial charge in [0, 0.05) is 12.6 Å². The minimum atomic E-state index is -4.49. The van der Waals surface area contributed by atoms with Gasteiger partial charge in [-0.1, -0.05) is 35.0 Å². The molecule has 29 heavy (non-hydrogen) atoms. The molecule has 0 unspecified atom stereocenters. The number of alkyl halides is 3. The fraction of sp³-hybridized carbons (Fsp3) is 0.211. The highest BCUT2D eigenvalue weighted by Crippen LogP contribution is 2.31. The maximum Gasteiger partial charge on any atom is 0.416 e. The van der Waals surface area contributed by atoms with E-state index in [4.69, 9.17) is 20.9 Å². The maximum atomic E-state index is 12.7. The second kappa shape index (κ2) is 8.52. The van der Waals surface area contributed by atoms with Gasteiger partial charge in [0.25, 0.3) is 5.91 Å². The average Bonchev–Trinajstić information content (AvgIpc) is 3.14. The summed E-state index contributed by atoms with van der Waals surface area (Å²) in [6, 6.07) is 11.3. The predicted molar refractivity (Wildman–Crippen MR) is 98.2 cm³/mol. The van der Waals surface area contributed by atoms with E-state index >= 15 is 0 Å². The molecule has 0 bridgehead atoms. The predicted octanol–water partition coefficient (Wildman–Crippen LogP) is 4.45. The zero-order valence-electron chi connectivity index (χ0n) is 15.1. The third-order valence-corrected chi connectivity index (χ3v) is 4.23. The van der Waals surface area contributed by atoms with Gasteiger partial charge in [0.15, 0.2) is 6.61 Å². The number of hydrogen-bond donors (Lipinski definition) is 0. The molecule has 0 fully saturated rings. The Balaban J connectivity index is 1.58. The zero-order chi connectivity index (χ0) is 21.0. The highest BCUT2D eigenvalue weighted by atomic mass is 35.5. The summed E-state index contributed by atoms with van der Waals surface area (Å²) < 4.78 is 48.5. The summed E-state index contributed by atoms with van der Waals surface area (Å²) in [5.74, 6) is -0.0678. The lowest BCUT2D eigenvalue weighted by Crippen LogP contribution is -2.31. The number of rotatable bonds is 6. The molecular formula is C19H15ClF3N3O3. The molecule has 0 aliphatic carbocycles. The van der Waals surface area contributed by atoms with Crippen LogP contribution in [0.4, 0.5) is 13.2 Å². The van der Waals surface area contributed by atoms with E-state index in [9.17, 15) is 18.0 Å². The average molecular weight is 426 g/mol. The van der Waals surface area contributed by atoms with Crippen LogP contribution in [0.2, 0.25) is 5.02 Å². The Kier molecular flexibility index (Phi) is 6.07. The van der Waals surface area contributed by atoms with Crippen molar-refractivity contribution >= 4 is 17.5 Å². The maximum absolute atomic E-state index is 12.7. The third kappa shape index (κ3) is 5.26. The zero-order valence-corrected chi connectivity index (χ0v) is 15.9. The molecule has 0 radical (unpaired) electrons. The first-order valence-electron chi connectivity index (χ1n) is 8.35. The SMILES string of the molecule is CN(Cc1nc(-c2ccccc2Cl)no1)C(=O)COc1cccc(C(F)(F)F)c1. The molecule has 1 heterocycles. The quantitative estimate of drug-likeness (QED) is 0.583. The number of carbonyl (C=O) groups is 1. The standard InChI is InChI=1S/C19H15ClF3N3O3/c1-26(10-16-24-18(25-29-16)14-7-2-3-8-15(14)20)17(27)11-28-13-6-4-5-12(9-13)19(21,22)23/h2-9H,10-11H2,1H3. The summed E-state index contributed by atoms with van der Waals surface area (Å²) >= 11 is 6.09. The molecule has 10 heteroatoms. The van der Waals surface area contributed by atoms with E-state index in [1.54, 1.807) is 24.3 Å². The van der Waals surface area contributed by atoms with Crippen LogP contribution in [-0.4, -0.2) is 34.6 Å². The summed E-state index contributed by atoms with van der Waals surface area (Å²) in [4.78, 5) is 17.7. The molecule has 0 aliphatic rings. The lowest BCUT2D eigenvalue weighted by molar-refractivity contribution is -0.137. The van der Waals surface area contributed by atoms with Crippen molar-refractivity contribution in [3.05, 3.63) is 65.0 Å². The van der Waals surface area contributed by atoms with Crippen LogP contribution in [0.25, 0.3) is 11.4 Å². The molecule has 0 saturated carbocycles. The lowest BCUT2D eigenvalue weighted by atomic mass is 10.2. The molecule has 0 spiro atoms. The number of ether oxygens (including phenoxy) is 1. The number of benzene rings is 2. The van der Waals surface area contributed by atoms with E-state index in [0.29, 0.717) is 10.6 Å². The Labute approximate surface area is 168 Å². The molecule has 1 aromatic heterocycles. The first-order valence-corrected chi connectivity index (χ1v) is 8.73. The number of carbonyl (C=O) groups excluding carboxylic acids is 1. The van der Waals surface area contributed by atoms with Crippen molar-refractivity contribution in [2.75, 3.05) is 13.7 Å². The summed E-state index contributed by atoms with van der Waals surface area (Å²) in [6.07, 6.45) is -4.49. The molecular weight excluding hydrogens is 411 g/mol. The number of likely N-dealkylation sites (N-methyl/N-ethyl adjacent to an activating group) is 1. The second-order valence-corrected chi connectivity index (χ2v) is 6.46. The normalized spacial score (nSPS) is 11.3. The van der Waals surface area contributed by atoms with Crippen LogP contribution in [0.1, 0.15) is 11.5 Å². The van der Waals surface area contributed by atoms with Gasteiger partial charge in [-0.2, -0.15) is 18.2 Å². The van der Waals surface area contributed by atoms with Gasteiger partial charge < -0.3 is 14.2 Å². The van der Waals surface area contributed by atoms with Crippen molar-refractivity contribution in [1.82, 2.24) is 15.0 Å². The van der Waals surface area contributed by atoms with E-state index in [2.05, 4.69) is 10.1 Å². The van der Waals surface area contributed by atoms with E-state index < -0.39 is 24.3 Å². The first kappa shape index (κ1) is 20.7. The number of aromatic nitrogens is 2. The van der Waals surface area contributed by atoms with Gasteiger partial charge in [-0.25, -0.2) is 0 Å². The van der Waals surface area contributed by atoms with Gasteiger partial charge in [0.1, 0.15) is 5.75 Å².